The quantitative estimate of drug-likeness (QED) is 0.360. The second-order valence-corrected chi connectivity index (χ2v) is 7.88. The first kappa shape index (κ1) is 17.8. The summed E-state index contributed by atoms with van der Waals surface area (Å²) in [6, 6.07) is 20.7. The molecule has 4 heterocycles. The summed E-state index contributed by atoms with van der Waals surface area (Å²) in [5, 5.41) is 2.15. The Bertz CT molecular complexity index is 1580. The molecule has 0 fully saturated rings. The van der Waals surface area contributed by atoms with Crippen LogP contribution in [-0.2, 0) is 6.54 Å². The van der Waals surface area contributed by atoms with E-state index in [1.807, 2.05) is 44.4 Å². The van der Waals surface area contributed by atoms with Crippen molar-refractivity contribution in [1.82, 2.24) is 19.5 Å². The summed E-state index contributed by atoms with van der Waals surface area (Å²) < 4.78 is 8.59. The van der Waals surface area contributed by atoms with E-state index in [1.54, 1.807) is 0 Å². The number of nitrogens with zero attached hydrogens (tertiary/aromatic N) is 4. The second kappa shape index (κ2) is 6.77. The maximum atomic E-state index is 6.36. The molecule has 0 amide bonds. The Hall–Kier alpha value is -3.99. The number of pyridine rings is 2. The van der Waals surface area contributed by atoms with Gasteiger partial charge in [-0.05, 0) is 37.6 Å². The molecule has 0 N–H and O–H groups in total. The summed E-state index contributed by atoms with van der Waals surface area (Å²) in [7, 11) is 0. The van der Waals surface area contributed by atoms with Crippen LogP contribution in [0.3, 0.4) is 0 Å². The number of hydrogen-bond acceptors (Lipinski definition) is 4. The van der Waals surface area contributed by atoms with E-state index in [2.05, 4.69) is 57.0 Å². The lowest BCUT2D eigenvalue weighted by atomic mass is 10.1. The number of fused-ring (bicyclic) bond motifs is 4. The van der Waals surface area contributed by atoms with Crippen molar-refractivity contribution in [2.45, 2.75) is 20.4 Å². The van der Waals surface area contributed by atoms with Crippen LogP contribution in [0.5, 0.6) is 0 Å². The van der Waals surface area contributed by atoms with Gasteiger partial charge >= 0.3 is 0 Å². The molecule has 0 spiro atoms. The minimum absolute atomic E-state index is 0.703. The van der Waals surface area contributed by atoms with Crippen molar-refractivity contribution in [3.8, 4) is 11.4 Å². The molecule has 0 atom stereocenters. The molecule has 4 aromatic heterocycles. The third-order valence-electron chi connectivity index (χ3n) is 5.79. The van der Waals surface area contributed by atoms with Gasteiger partial charge in [0.1, 0.15) is 11.4 Å². The first-order valence-corrected chi connectivity index (χ1v) is 10.3. The van der Waals surface area contributed by atoms with Crippen LogP contribution in [0.4, 0.5) is 0 Å². The molecule has 5 nitrogen and oxygen atoms in total. The Balaban J connectivity index is 1.66. The minimum Gasteiger partial charge on any atom is -0.453 e. The van der Waals surface area contributed by atoms with Crippen LogP contribution in [0.2, 0.25) is 0 Å². The molecule has 0 radical (unpaired) electrons. The van der Waals surface area contributed by atoms with E-state index >= 15 is 0 Å². The molecule has 0 saturated heterocycles. The number of benzene rings is 2. The Labute approximate surface area is 179 Å². The SMILES string of the molecule is Cc1cc2nc(-c3cccc4c3oc3c(C)nccc34)n(Cc3ccccc3)c2cn1. The molecule has 5 heteroatoms. The fraction of sp³-hybridized carbons (Fsp3) is 0.115. The molecule has 0 saturated carbocycles. The van der Waals surface area contributed by atoms with E-state index in [-0.39, 0.29) is 0 Å². The van der Waals surface area contributed by atoms with E-state index in [0.717, 1.165) is 55.7 Å². The summed E-state index contributed by atoms with van der Waals surface area (Å²) in [5.41, 5.74) is 7.62. The van der Waals surface area contributed by atoms with Gasteiger partial charge in [-0.1, -0.05) is 42.5 Å². The molecule has 0 unspecified atom stereocenters. The van der Waals surface area contributed by atoms with Gasteiger partial charge in [0.05, 0.1) is 28.5 Å². The van der Waals surface area contributed by atoms with Crippen LogP contribution in [0.1, 0.15) is 17.0 Å². The summed E-state index contributed by atoms with van der Waals surface area (Å²) in [6.07, 6.45) is 3.75. The smallest absolute Gasteiger partial charge is 0.156 e. The molecule has 6 aromatic rings. The normalized spacial score (nSPS) is 11.7. The van der Waals surface area contributed by atoms with E-state index < -0.39 is 0 Å². The standard InChI is InChI=1S/C26H20N4O/c1-16-13-22-23(14-28-16)30(15-18-7-4-3-5-8-18)26(29-22)21-10-6-9-19-20-11-12-27-17(2)24(20)31-25(19)21/h3-14H,15H2,1-2H3. The number of imidazole rings is 1. The molecular formula is C26H20N4O. The summed E-state index contributed by atoms with van der Waals surface area (Å²) >= 11 is 0. The van der Waals surface area contributed by atoms with Crippen LogP contribution in [-0.4, -0.2) is 19.5 Å². The highest BCUT2D eigenvalue weighted by molar-refractivity contribution is 6.09. The minimum atomic E-state index is 0.703. The number of para-hydroxylation sites is 1. The zero-order valence-corrected chi connectivity index (χ0v) is 17.3. The molecule has 6 rings (SSSR count). The van der Waals surface area contributed by atoms with Gasteiger partial charge < -0.3 is 8.98 Å². The molecular weight excluding hydrogens is 384 g/mol. The lowest BCUT2D eigenvalue weighted by Gasteiger charge is -2.10. The number of aromatic nitrogens is 4. The predicted molar refractivity (Wildman–Crippen MR) is 123 cm³/mol. The number of hydrogen-bond donors (Lipinski definition) is 0. The first-order valence-electron chi connectivity index (χ1n) is 10.3. The van der Waals surface area contributed by atoms with Gasteiger partial charge in [0.25, 0.3) is 0 Å². The highest BCUT2D eigenvalue weighted by Gasteiger charge is 2.19. The van der Waals surface area contributed by atoms with Crippen LogP contribution < -0.4 is 0 Å². The van der Waals surface area contributed by atoms with Gasteiger partial charge in [-0.2, -0.15) is 0 Å². The Morgan fingerprint density at radius 3 is 2.58 bits per heavy atom. The Morgan fingerprint density at radius 1 is 0.871 bits per heavy atom. The van der Waals surface area contributed by atoms with Gasteiger partial charge in [0, 0.05) is 29.2 Å². The fourth-order valence-corrected chi connectivity index (χ4v) is 4.29. The van der Waals surface area contributed by atoms with Crippen LogP contribution in [0.15, 0.2) is 77.5 Å². The lowest BCUT2D eigenvalue weighted by Crippen LogP contribution is -2.02. The fourth-order valence-electron chi connectivity index (χ4n) is 4.29. The maximum Gasteiger partial charge on any atom is 0.156 e. The van der Waals surface area contributed by atoms with E-state index in [1.165, 1.54) is 5.56 Å². The van der Waals surface area contributed by atoms with Crippen molar-refractivity contribution in [3.05, 3.63) is 90.0 Å². The van der Waals surface area contributed by atoms with Gasteiger partial charge in [0.15, 0.2) is 5.58 Å². The highest BCUT2D eigenvalue weighted by atomic mass is 16.3. The van der Waals surface area contributed by atoms with E-state index in [0.29, 0.717) is 6.54 Å². The van der Waals surface area contributed by atoms with Crippen LogP contribution in [0, 0.1) is 13.8 Å². The summed E-state index contributed by atoms with van der Waals surface area (Å²) in [6.45, 7) is 4.67. The van der Waals surface area contributed by atoms with Crippen LogP contribution >= 0.6 is 0 Å². The predicted octanol–water partition coefficient (Wildman–Crippen LogP) is 6.06. The Kier molecular flexibility index (Phi) is 3.90. The topological polar surface area (TPSA) is 56.7 Å². The largest absolute Gasteiger partial charge is 0.453 e. The molecule has 0 bridgehead atoms. The van der Waals surface area contributed by atoms with Crippen molar-refractivity contribution in [1.29, 1.82) is 0 Å². The molecule has 0 aliphatic heterocycles. The highest BCUT2D eigenvalue weighted by Crippen LogP contribution is 2.37. The summed E-state index contributed by atoms with van der Waals surface area (Å²) in [4.78, 5) is 14.0. The Morgan fingerprint density at radius 2 is 1.71 bits per heavy atom. The van der Waals surface area contributed by atoms with Crippen molar-refractivity contribution in [3.63, 3.8) is 0 Å². The second-order valence-electron chi connectivity index (χ2n) is 7.88. The summed E-state index contributed by atoms with van der Waals surface area (Å²) in [5.74, 6) is 0.876. The lowest BCUT2D eigenvalue weighted by molar-refractivity contribution is 0.662. The van der Waals surface area contributed by atoms with E-state index in [4.69, 9.17) is 9.40 Å². The molecule has 0 aliphatic rings. The molecule has 150 valence electrons. The number of aryl methyl sites for hydroxylation is 2. The molecule has 2 aromatic carbocycles. The molecule has 0 aliphatic carbocycles. The third kappa shape index (κ3) is 2.81. The number of rotatable bonds is 3. The maximum absolute atomic E-state index is 6.36. The first-order chi connectivity index (χ1) is 15.2. The zero-order valence-electron chi connectivity index (χ0n) is 17.3. The van der Waals surface area contributed by atoms with Crippen molar-refractivity contribution in [2.24, 2.45) is 0 Å². The van der Waals surface area contributed by atoms with Crippen LogP contribution in [0.25, 0.3) is 44.4 Å². The van der Waals surface area contributed by atoms with Gasteiger partial charge in [-0.15, -0.1) is 0 Å². The van der Waals surface area contributed by atoms with Crippen molar-refractivity contribution >= 4 is 33.0 Å². The number of furan rings is 1. The van der Waals surface area contributed by atoms with Gasteiger partial charge in [-0.3, -0.25) is 9.97 Å². The van der Waals surface area contributed by atoms with E-state index in [9.17, 15) is 0 Å². The van der Waals surface area contributed by atoms with Gasteiger partial charge in [-0.25, -0.2) is 4.98 Å². The van der Waals surface area contributed by atoms with Crippen molar-refractivity contribution < 1.29 is 4.42 Å². The van der Waals surface area contributed by atoms with Crippen molar-refractivity contribution in [2.75, 3.05) is 0 Å². The average Bonchev–Trinajstić information content (AvgIpc) is 3.34. The van der Waals surface area contributed by atoms with Gasteiger partial charge in [0.2, 0.25) is 0 Å². The molecule has 31 heavy (non-hydrogen) atoms. The third-order valence-corrected chi connectivity index (χ3v) is 5.79. The zero-order chi connectivity index (χ0) is 20.9. The monoisotopic (exact) mass is 404 g/mol. The average molecular weight is 404 g/mol.